The van der Waals surface area contributed by atoms with Crippen LogP contribution in [0.3, 0.4) is 0 Å². The molecule has 0 aliphatic carbocycles. The molecular formula is C21H17IN2. The summed E-state index contributed by atoms with van der Waals surface area (Å²) >= 11 is 2.35. The molecule has 0 amide bonds. The summed E-state index contributed by atoms with van der Waals surface area (Å²) in [6, 6.07) is 29.9. The van der Waals surface area contributed by atoms with Crippen LogP contribution in [-0.2, 0) is 0 Å². The Morgan fingerprint density at radius 2 is 1.42 bits per heavy atom. The van der Waals surface area contributed by atoms with Gasteiger partial charge in [0.15, 0.2) is 0 Å². The fourth-order valence-corrected chi connectivity index (χ4v) is 3.44. The summed E-state index contributed by atoms with van der Waals surface area (Å²) in [6.45, 7) is 0. The predicted molar refractivity (Wildman–Crippen MR) is 108 cm³/mol. The van der Waals surface area contributed by atoms with Gasteiger partial charge in [0, 0.05) is 9.99 Å². The minimum atomic E-state index is 0.236. The van der Waals surface area contributed by atoms with Crippen molar-refractivity contribution in [2.75, 3.05) is 5.01 Å². The Morgan fingerprint density at radius 3 is 2.08 bits per heavy atom. The lowest BCUT2D eigenvalue weighted by atomic mass is 9.98. The molecule has 0 saturated carbocycles. The lowest BCUT2D eigenvalue weighted by Crippen LogP contribution is -2.18. The Kier molecular flexibility index (Phi) is 4.34. The topological polar surface area (TPSA) is 15.6 Å². The van der Waals surface area contributed by atoms with E-state index in [0.29, 0.717) is 0 Å². The zero-order valence-corrected chi connectivity index (χ0v) is 15.3. The zero-order valence-electron chi connectivity index (χ0n) is 13.1. The average Bonchev–Trinajstić information content (AvgIpc) is 3.09. The first kappa shape index (κ1) is 15.4. The smallest absolute Gasteiger partial charge is 0.0831 e. The van der Waals surface area contributed by atoms with Crippen LogP contribution in [0.2, 0.25) is 0 Å². The highest BCUT2D eigenvalue weighted by Crippen LogP contribution is 2.36. The van der Waals surface area contributed by atoms with Crippen LogP contribution in [-0.4, -0.2) is 5.71 Å². The number of hydrogen-bond acceptors (Lipinski definition) is 2. The molecule has 0 aromatic heterocycles. The molecule has 0 N–H and O–H groups in total. The molecular weight excluding hydrogens is 407 g/mol. The lowest BCUT2D eigenvalue weighted by molar-refractivity contribution is 0.709. The molecule has 1 aliphatic heterocycles. The molecule has 0 fully saturated rings. The van der Waals surface area contributed by atoms with Crippen molar-refractivity contribution in [3.63, 3.8) is 0 Å². The van der Waals surface area contributed by atoms with Crippen LogP contribution >= 0.6 is 22.6 Å². The summed E-state index contributed by atoms with van der Waals surface area (Å²) in [5.41, 5.74) is 4.77. The molecule has 2 nitrogen and oxygen atoms in total. The van der Waals surface area contributed by atoms with E-state index >= 15 is 0 Å². The summed E-state index contributed by atoms with van der Waals surface area (Å²) in [5, 5.41) is 7.11. The van der Waals surface area contributed by atoms with Gasteiger partial charge in [-0.15, -0.1) is 0 Å². The third-order valence-electron chi connectivity index (χ3n) is 4.29. The van der Waals surface area contributed by atoms with E-state index < -0.39 is 0 Å². The number of anilines is 1. The molecule has 1 heterocycles. The molecule has 3 heteroatoms. The van der Waals surface area contributed by atoms with Crippen molar-refractivity contribution >= 4 is 34.0 Å². The lowest BCUT2D eigenvalue weighted by Gasteiger charge is -2.24. The first-order valence-corrected chi connectivity index (χ1v) is 9.12. The van der Waals surface area contributed by atoms with E-state index in [0.717, 1.165) is 17.8 Å². The summed E-state index contributed by atoms with van der Waals surface area (Å²) in [7, 11) is 0. The van der Waals surface area contributed by atoms with Crippen LogP contribution in [0.4, 0.5) is 5.69 Å². The first-order chi connectivity index (χ1) is 11.8. The third kappa shape index (κ3) is 3.08. The fourth-order valence-electron chi connectivity index (χ4n) is 3.08. The second-order valence-electron chi connectivity index (χ2n) is 5.86. The van der Waals surface area contributed by atoms with Crippen molar-refractivity contribution in [3.8, 4) is 0 Å². The molecule has 3 aromatic rings. The molecule has 0 spiro atoms. The van der Waals surface area contributed by atoms with Gasteiger partial charge in [0.05, 0.1) is 17.4 Å². The van der Waals surface area contributed by atoms with Gasteiger partial charge in [0.25, 0.3) is 0 Å². The monoisotopic (exact) mass is 424 g/mol. The summed E-state index contributed by atoms with van der Waals surface area (Å²) in [6.07, 6.45) is 0.916. The molecule has 118 valence electrons. The van der Waals surface area contributed by atoms with Crippen molar-refractivity contribution < 1.29 is 0 Å². The SMILES string of the molecule is Ic1ccc([C@H]2CC(c3ccccc3)=NN2c2ccccc2)cc1. The summed E-state index contributed by atoms with van der Waals surface area (Å²) in [4.78, 5) is 0. The van der Waals surface area contributed by atoms with E-state index in [9.17, 15) is 0 Å². The average molecular weight is 424 g/mol. The van der Waals surface area contributed by atoms with Gasteiger partial charge in [-0.2, -0.15) is 5.10 Å². The van der Waals surface area contributed by atoms with E-state index in [-0.39, 0.29) is 6.04 Å². The molecule has 0 radical (unpaired) electrons. The Morgan fingerprint density at radius 1 is 0.792 bits per heavy atom. The minimum absolute atomic E-state index is 0.236. The maximum Gasteiger partial charge on any atom is 0.0831 e. The zero-order chi connectivity index (χ0) is 16.4. The van der Waals surface area contributed by atoms with Crippen molar-refractivity contribution in [1.82, 2.24) is 0 Å². The van der Waals surface area contributed by atoms with Gasteiger partial charge in [-0.3, -0.25) is 5.01 Å². The number of para-hydroxylation sites is 1. The van der Waals surface area contributed by atoms with E-state index in [1.807, 2.05) is 12.1 Å². The van der Waals surface area contributed by atoms with E-state index in [2.05, 4.69) is 100 Å². The molecule has 1 atom stereocenters. The molecule has 24 heavy (non-hydrogen) atoms. The highest BCUT2D eigenvalue weighted by Gasteiger charge is 2.29. The number of benzene rings is 3. The van der Waals surface area contributed by atoms with E-state index in [1.165, 1.54) is 14.7 Å². The molecule has 0 saturated heterocycles. The minimum Gasteiger partial charge on any atom is -0.257 e. The normalized spacial score (nSPS) is 17.0. The van der Waals surface area contributed by atoms with Crippen LogP contribution in [0.1, 0.15) is 23.6 Å². The fraction of sp³-hybridized carbons (Fsp3) is 0.0952. The third-order valence-corrected chi connectivity index (χ3v) is 5.01. The molecule has 0 unspecified atom stereocenters. The highest BCUT2D eigenvalue weighted by atomic mass is 127. The van der Waals surface area contributed by atoms with E-state index in [4.69, 9.17) is 5.10 Å². The van der Waals surface area contributed by atoms with Crippen molar-refractivity contribution in [3.05, 3.63) is 99.6 Å². The van der Waals surface area contributed by atoms with Gasteiger partial charge in [-0.05, 0) is 58.0 Å². The van der Waals surface area contributed by atoms with E-state index in [1.54, 1.807) is 0 Å². The van der Waals surface area contributed by atoms with Gasteiger partial charge in [-0.1, -0.05) is 60.7 Å². The molecule has 4 rings (SSSR count). The second kappa shape index (κ2) is 6.77. The van der Waals surface area contributed by atoms with Crippen molar-refractivity contribution in [2.45, 2.75) is 12.5 Å². The Labute approximate surface area is 156 Å². The van der Waals surface area contributed by atoms with Gasteiger partial charge in [0.1, 0.15) is 0 Å². The van der Waals surface area contributed by atoms with Gasteiger partial charge in [0.2, 0.25) is 0 Å². The molecule has 1 aliphatic rings. The van der Waals surface area contributed by atoms with Gasteiger partial charge < -0.3 is 0 Å². The second-order valence-corrected chi connectivity index (χ2v) is 7.11. The number of halogens is 1. The van der Waals surface area contributed by atoms with Crippen LogP contribution in [0.15, 0.2) is 90.0 Å². The number of hydrogen-bond donors (Lipinski definition) is 0. The number of hydrazone groups is 1. The largest absolute Gasteiger partial charge is 0.257 e. The number of nitrogens with zero attached hydrogens (tertiary/aromatic N) is 2. The maximum atomic E-state index is 4.96. The van der Waals surface area contributed by atoms with Crippen molar-refractivity contribution in [1.29, 1.82) is 0 Å². The number of rotatable bonds is 3. The quantitative estimate of drug-likeness (QED) is 0.497. The van der Waals surface area contributed by atoms with Crippen LogP contribution in [0.5, 0.6) is 0 Å². The Hall–Kier alpha value is -2.14. The van der Waals surface area contributed by atoms with Crippen molar-refractivity contribution in [2.24, 2.45) is 5.10 Å². The Bertz CT molecular complexity index is 842. The first-order valence-electron chi connectivity index (χ1n) is 8.04. The van der Waals surface area contributed by atoms with Crippen LogP contribution in [0, 0.1) is 3.57 Å². The summed E-state index contributed by atoms with van der Waals surface area (Å²) < 4.78 is 1.25. The van der Waals surface area contributed by atoms with Crippen LogP contribution < -0.4 is 5.01 Å². The maximum absolute atomic E-state index is 4.96. The standard InChI is InChI=1S/C21H17IN2/c22-18-13-11-17(12-14-18)21-15-20(16-7-3-1-4-8-16)23-24(21)19-9-5-2-6-10-19/h1-14,21H,15H2/t21-/m1/s1. The predicted octanol–water partition coefficient (Wildman–Crippen LogP) is 5.65. The Balaban J connectivity index is 1.74. The molecule has 0 bridgehead atoms. The van der Waals surface area contributed by atoms with Crippen LogP contribution in [0.25, 0.3) is 0 Å². The highest BCUT2D eigenvalue weighted by molar-refractivity contribution is 14.1. The van der Waals surface area contributed by atoms with Gasteiger partial charge >= 0.3 is 0 Å². The molecule has 3 aromatic carbocycles. The van der Waals surface area contributed by atoms with Gasteiger partial charge in [-0.25, -0.2) is 0 Å². The summed E-state index contributed by atoms with van der Waals surface area (Å²) in [5.74, 6) is 0.